The van der Waals surface area contributed by atoms with E-state index in [0.717, 1.165) is 5.75 Å². The molecule has 0 spiro atoms. The molecule has 2 amide bonds. The first-order chi connectivity index (χ1) is 10.1. The predicted molar refractivity (Wildman–Crippen MR) is 80.0 cm³/mol. The van der Waals surface area contributed by atoms with E-state index in [-0.39, 0.29) is 29.6 Å². The van der Waals surface area contributed by atoms with Crippen LogP contribution in [0.4, 0.5) is 5.69 Å². The van der Waals surface area contributed by atoms with Gasteiger partial charge in [-0.1, -0.05) is 19.1 Å². The van der Waals surface area contributed by atoms with Crippen molar-refractivity contribution in [3.8, 4) is 5.75 Å². The molecule has 1 aliphatic carbocycles. The predicted octanol–water partition coefficient (Wildman–Crippen LogP) is 2.79. The van der Waals surface area contributed by atoms with E-state index in [9.17, 15) is 9.59 Å². The molecule has 2 aliphatic rings. The van der Waals surface area contributed by atoms with Crippen molar-refractivity contribution in [1.29, 1.82) is 0 Å². The minimum absolute atomic E-state index is 0.0778. The van der Waals surface area contributed by atoms with Gasteiger partial charge in [-0.25, -0.2) is 0 Å². The van der Waals surface area contributed by atoms with Crippen LogP contribution in [0, 0.1) is 17.8 Å². The number of fused-ring (bicyclic) bond motifs is 1. The Bertz CT molecular complexity index is 591. The highest BCUT2D eigenvalue weighted by Crippen LogP contribution is 2.40. The molecule has 0 N–H and O–H groups in total. The molecule has 21 heavy (non-hydrogen) atoms. The van der Waals surface area contributed by atoms with E-state index in [2.05, 4.69) is 0 Å². The van der Waals surface area contributed by atoms with Crippen molar-refractivity contribution in [2.75, 3.05) is 11.5 Å². The number of amides is 2. The number of carbonyl (C=O) groups excluding carboxylic acids is 2. The number of rotatable bonds is 3. The molecule has 0 unspecified atom stereocenters. The zero-order valence-corrected chi connectivity index (χ0v) is 12.3. The van der Waals surface area contributed by atoms with E-state index in [4.69, 9.17) is 4.74 Å². The van der Waals surface area contributed by atoms with Gasteiger partial charge in [0, 0.05) is 0 Å². The quantitative estimate of drug-likeness (QED) is 0.633. The maximum absolute atomic E-state index is 12.6. The normalized spacial score (nSPS) is 27.9. The maximum atomic E-state index is 12.6. The lowest BCUT2D eigenvalue weighted by atomic mass is 9.78. The Morgan fingerprint density at radius 2 is 1.90 bits per heavy atom. The summed E-state index contributed by atoms with van der Waals surface area (Å²) < 4.78 is 5.39. The van der Waals surface area contributed by atoms with Crippen LogP contribution >= 0.6 is 0 Å². The van der Waals surface area contributed by atoms with Crippen LogP contribution in [0.1, 0.15) is 20.3 Å². The van der Waals surface area contributed by atoms with Crippen molar-refractivity contribution in [3.63, 3.8) is 0 Å². The summed E-state index contributed by atoms with van der Waals surface area (Å²) in [4.78, 5) is 26.5. The van der Waals surface area contributed by atoms with E-state index in [1.54, 1.807) is 24.3 Å². The average Bonchev–Trinajstić information content (AvgIpc) is 2.74. The first-order valence-corrected chi connectivity index (χ1v) is 7.40. The third-order valence-electron chi connectivity index (χ3n) is 4.28. The summed E-state index contributed by atoms with van der Waals surface area (Å²) in [6, 6.07) is 7.14. The lowest BCUT2D eigenvalue weighted by Crippen LogP contribution is -2.31. The lowest BCUT2D eigenvalue weighted by molar-refractivity contribution is -0.122. The number of allylic oxidation sites excluding steroid dienone is 2. The van der Waals surface area contributed by atoms with E-state index < -0.39 is 0 Å². The molecular formula is C17H19NO3. The highest BCUT2D eigenvalue weighted by atomic mass is 16.5. The number of imide groups is 1. The molecule has 0 bridgehead atoms. The Hall–Kier alpha value is -2.10. The topological polar surface area (TPSA) is 46.6 Å². The van der Waals surface area contributed by atoms with Crippen molar-refractivity contribution >= 4 is 17.5 Å². The molecule has 1 aromatic rings. The van der Waals surface area contributed by atoms with Gasteiger partial charge in [0.25, 0.3) is 0 Å². The second kappa shape index (κ2) is 5.35. The molecule has 0 saturated carbocycles. The van der Waals surface area contributed by atoms with Crippen LogP contribution in [0.25, 0.3) is 0 Å². The monoisotopic (exact) mass is 285 g/mol. The number of ether oxygens (including phenoxy) is 1. The van der Waals surface area contributed by atoms with Gasteiger partial charge < -0.3 is 4.74 Å². The van der Waals surface area contributed by atoms with Gasteiger partial charge in [-0.05, 0) is 43.5 Å². The molecule has 3 atom stereocenters. The minimum Gasteiger partial charge on any atom is -0.494 e. The van der Waals surface area contributed by atoms with Gasteiger partial charge in [-0.3, -0.25) is 14.5 Å². The van der Waals surface area contributed by atoms with Crippen LogP contribution in [-0.4, -0.2) is 18.4 Å². The van der Waals surface area contributed by atoms with Crippen LogP contribution in [0.5, 0.6) is 5.75 Å². The van der Waals surface area contributed by atoms with Gasteiger partial charge in [0.15, 0.2) is 0 Å². The van der Waals surface area contributed by atoms with Crippen LogP contribution in [0.3, 0.4) is 0 Å². The van der Waals surface area contributed by atoms with Gasteiger partial charge in [0.2, 0.25) is 11.8 Å². The van der Waals surface area contributed by atoms with E-state index in [1.807, 2.05) is 26.0 Å². The molecule has 1 heterocycles. The number of nitrogens with zero attached hydrogens (tertiary/aromatic N) is 1. The second-order valence-electron chi connectivity index (χ2n) is 5.59. The Labute approximate surface area is 124 Å². The molecule has 4 heteroatoms. The third-order valence-corrected chi connectivity index (χ3v) is 4.28. The van der Waals surface area contributed by atoms with Crippen molar-refractivity contribution in [2.24, 2.45) is 17.8 Å². The van der Waals surface area contributed by atoms with Crippen molar-refractivity contribution in [3.05, 3.63) is 36.4 Å². The molecule has 0 aromatic heterocycles. The largest absolute Gasteiger partial charge is 0.494 e. The molecule has 1 saturated heterocycles. The summed E-state index contributed by atoms with van der Waals surface area (Å²) in [5.74, 6) is 0.287. The molecular weight excluding hydrogens is 266 g/mol. The zero-order valence-electron chi connectivity index (χ0n) is 12.3. The van der Waals surface area contributed by atoms with Gasteiger partial charge in [-0.15, -0.1) is 0 Å². The standard InChI is InChI=1S/C17H19NO3/c1-3-21-13-9-7-12(8-10-13)18-16(19)14-6-4-5-11(2)15(14)17(18)20/h4-5,7-11,14-15H,3,6H2,1-2H3/t11-,14+,15-/m0/s1. The van der Waals surface area contributed by atoms with Crippen LogP contribution in [0.2, 0.25) is 0 Å². The third kappa shape index (κ3) is 2.24. The van der Waals surface area contributed by atoms with Crippen molar-refractivity contribution < 1.29 is 14.3 Å². The number of carbonyl (C=O) groups is 2. The summed E-state index contributed by atoms with van der Waals surface area (Å²) >= 11 is 0. The first-order valence-electron chi connectivity index (χ1n) is 7.40. The molecule has 1 aromatic carbocycles. The second-order valence-corrected chi connectivity index (χ2v) is 5.59. The van der Waals surface area contributed by atoms with Gasteiger partial charge >= 0.3 is 0 Å². The highest BCUT2D eigenvalue weighted by molar-refractivity contribution is 6.22. The number of hydrogen-bond acceptors (Lipinski definition) is 3. The first kappa shape index (κ1) is 13.9. The summed E-state index contributed by atoms with van der Waals surface area (Å²) in [5, 5.41) is 0. The minimum atomic E-state index is -0.214. The van der Waals surface area contributed by atoms with E-state index in [0.29, 0.717) is 18.7 Å². The number of hydrogen-bond donors (Lipinski definition) is 0. The van der Waals surface area contributed by atoms with Gasteiger partial charge in [0.05, 0.1) is 24.1 Å². The van der Waals surface area contributed by atoms with Crippen LogP contribution < -0.4 is 9.64 Å². The van der Waals surface area contributed by atoms with Crippen LogP contribution in [0.15, 0.2) is 36.4 Å². The summed E-state index contributed by atoms with van der Waals surface area (Å²) in [5.41, 5.74) is 0.634. The SMILES string of the molecule is CCOc1ccc(N2C(=O)[C@H]3[C@@H](C)C=CC[C@H]3C2=O)cc1. The maximum Gasteiger partial charge on any atom is 0.238 e. The Kier molecular flexibility index (Phi) is 3.53. The smallest absolute Gasteiger partial charge is 0.238 e. The molecule has 3 rings (SSSR count). The Balaban J connectivity index is 1.89. The van der Waals surface area contributed by atoms with Crippen LogP contribution in [-0.2, 0) is 9.59 Å². The Morgan fingerprint density at radius 3 is 2.52 bits per heavy atom. The Morgan fingerprint density at radius 1 is 1.19 bits per heavy atom. The number of anilines is 1. The summed E-state index contributed by atoms with van der Waals surface area (Å²) in [6.45, 7) is 4.51. The average molecular weight is 285 g/mol. The molecule has 4 nitrogen and oxygen atoms in total. The molecule has 1 aliphatic heterocycles. The highest BCUT2D eigenvalue weighted by Gasteiger charge is 2.50. The summed E-state index contributed by atoms with van der Waals surface area (Å²) in [6.07, 6.45) is 4.71. The zero-order chi connectivity index (χ0) is 15.0. The van der Waals surface area contributed by atoms with E-state index in [1.165, 1.54) is 4.90 Å². The fraction of sp³-hybridized carbons (Fsp3) is 0.412. The van der Waals surface area contributed by atoms with Crippen molar-refractivity contribution in [1.82, 2.24) is 0 Å². The molecule has 1 fully saturated rings. The number of benzene rings is 1. The van der Waals surface area contributed by atoms with Gasteiger partial charge in [0.1, 0.15) is 5.75 Å². The lowest BCUT2D eigenvalue weighted by Gasteiger charge is -2.22. The summed E-state index contributed by atoms with van der Waals surface area (Å²) in [7, 11) is 0. The van der Waals surface area contributed by atoms with E-state index >= 15 is 0 Å². The molecule has 0 radical (unpaired) electrons. The molecule has 110 valence electrons. The fourth-order valence-electron chi connectivity index (χ4n) is 3.26. The van der Waals surface area contributed by atoms with Gasteiger partial charge in [-0.2, -0.15) is 0 Å². The fourth-order valence-corrected chi connectivity index (χ4v) is 3.26. The van der Waals surface area contributed by atoms with Crippen molar-refractivity contribution in [2.45, 2.75) is 20.3 Å².